The Labute approximate surface area is 98.3 Å². The van der Waals surface area contributed by atoms with E-state index in [-0.39, 0.29) is 0 Å². The lowest BCUT2D eigenvalue weighted by Crippen LogP contribution is -2.44. The highest BCUT2D eigenvalue weighted by Gasteiger charge is 2.34. The minimum Gasteiger partial charge on any atom is -0.336 e. The molecule has 1 aliphatic rings. The number of hydrogen-bond donors (Lipinski definition) is 1. The largest absolute Gasteiger partial charge is 0.336 e. The summed E-state index contributed by atoms with van der Waals surface area (Å²) < 4.78 is 2.14. The summed E-state index contributed by atoms with van der Waals surface area (Å²) in [6, 6.07) is 1.18. The molecule has 1 aromatic heterocycles. The van der Waals surface area contributed by atoms with Gasteiger partial charge in [0, 0.05) is 31.0 Å². The molecule has 90 valence electrons. The van der Waals surface area contributed by atoms with E-state index in [9.17, 15) is 0 Å². The molecule has 1 aromatic rings. The molecule has 1 aliphatic carbocycles. The molecule has 3 heteroatoms. The zero-order valence-electron chi connectivity index (χ0n) is 10.6. The van der Waals surface area contributed by atoms with Crippen molar-refractivity contribution in [2.24, 2.45) is 5.41 Å². The molecule has 1 heterocycles. The maximum Gasteiger partial charge on any atom is 0.0946 e. The van der Waals surface area contributed by atoms with Crippen LogP contribution in [0.4, 0.5) is 0 Å². The number of aromatic nitrogens is 2. The average Bonchev–Trinajstić information content (AvgIpc) is 2.78. The molecule has 1 saturated carbocycles. The van der Waals surface area contributed by atoms with Crippen LogP contribution >= 0.6 is 0 Å². The minimum atomic E-state index is 0.462. The Morgan fingerprint density at radius 2 is 2.38 bits per heavy atom. The quantitative estimate of drug-likeness (QED) is 0.846. The van der Waals surface area contributed by atoms with Crippen molar-refractivity contribution in [2.75, 3.05) is 0 Å². The van der Waals surface area contributed by atoms with Crippen molar-refractivity contribution in [1.29, 1.82) is 0 Å². The highest BCUT2D eigenvalue weighted by molar-refractivity contribution is 4.91. The first kappa shape index (κ1) is 11.6. The van der Waals surface area contributed by atoms with Crippen LogP contribution in [-0.4, -0.2) is 21.6 Å². The highest BCUT2D eigenvalue weighted by atomic mass is 15.1. The molecule has 0 amide bonds. The van der Waals surface area contributed by atoms with Crippen molar-refractivity contribution in [2.45, 2.75) is 58.7 Å². The van der Waals surface area contributed by atoms with Crippen molar-refractivity contribution >= 4 is 0 Å². The predicted octanol–water partition coefficient (Wildman–Crippen LogP) is 2.44. The molecule has 0 aromatic carbocycles. The molecular weight excluding hydrogens is 198 g/mol. The molecule has 0 saturated heterocycles. The summed E-state index contributed by atoms with van der Waals surface area (Å²) >= 11 is 0. The predicted molar refractivity (Wildman–Crippen MR) is 66.2 cm³/mol. The Kier molecular flexibility index (Phi) is 3.33. The van der Waals surface area contributed by atoms with Crippen LogP contribution in [0.3, 0.4) is 0 Å². The smallest absolute Gasteiger partial charge is 0.0946 e. The van der Waals surface area contributed by atoms with Gasteiger partial charge in [-0.05, 0) is 25.2 Å². The summed E-state index contributed by atoms with van der Waals surface area (Å²) in [5.74, 6) is 0. The number of nitrogens with zero attached hydrogens (tertiary/aromatic N) is 2. The highest BCUT2D eigenvalue weighted by Crippen LogP contribution is 2.37. The van der Waals surface area contributed by atoms with E-state index in [2.05, 4.69) is 35.6 Å². The molecule has 16 heavy (non-hydrogen) atoms. The van der Waals surface area contributed by atoms with E-state index in [1.807, 2.05) is 18.7 Å². The van der Waals surface area contributed by atoms with Crippen LogP contribution in [0.1, 0.15) is 40.0 Å². The van der Waals surface area contributed by atoms with Gasteiger partial charge in [-0.15, -0.1) is 0 Å². The summed E-state index contributed by atoms with van der Waals surface area (Å²) in [6.45, 7) is 8.02. The van der Waals surface area contributed by atoms with Gasteiger partial charge in [0.1, 0.15) is 0 Å². The summed E-state index contributed by atoms with van der Waals surface area (Å²) in [4.78, 5) is 4.07. The Bertz CT molecular complexity index is 316. The van der Waals surface area contributed by atoms with Crippen LogP contribution in [0.25, 0.3) is 0 Å². The van der Waals surface area contributed by atoms with Gasteiger partial charge in [-0.1, -0.05) is 20.3 Å². The van der Waals surface area contributed by atoms with E-state index in [0.717, 1.165) is 6.54 Å². The summed E-state index contributed by atoms with van der Waals surface area (Å²) in [6.07, 6.45) is 9.79. The first-order valence-electron chi connectivity index (χ1n) is 6.30. The Morgan fingerprint density at radius 3 is 2.94 bits per heavy atom. The van der Waals surface area contributed by atoms with E-state index < -0.39 is 0 Å². The van der Waals surface area contributed by atoms with Crippen molar-refractivity contribution in [1.82, 2.24) is 14.9 Å². The van der Waals surface area contributed by atoms with Gasteiger partial charge in [-0.3, -0.25) is 0 Å². The fraction of sp³-hybridized carbons (Fsp3) is 0.769. The minimum absolute atomic E-state index is 0.462. The van der Waals surface area contributed by atoms with Crippen molar-refractivity contribution in [3.05, 3.63) is 18.7 Å². The van der Waals surface area contributed by atoms with Crippen LogP contribution in [0.5, 0.6) is 0 Å². The SMILES string of the molecule is CC(Cn1ccnc1)NC1CCCC1(C)C. The Balaban J connectivity index is 1.85. The lowest BCUT2D eigenvalue weighted by Gasteiger charge is -2.31. The number of nitrogens with one attached hydrogen (secondary N) is 1. The number of hydrogen-bond acceptors (Lipinski definition) is 2. The van der Waals surface area contributed by atoms with Crippen LogP contribution in [0, 0.1) is 5.41 Å². The lowest BCUT2D eigenvalue weighted by molar-refractivity contribution is 0.257. The topological polar surface area (TPSA) is 29.9 Å². The normalized spacial score (nSPS) is 25.8. The molecule has 0 aliphatic heterocycles. The molecule has 0 radical (unpaired) electrons. The first-order chi connectivity index (χ1) is 7.58. The molecular formula is C13H23N3. The van der Waals surface area contributed by atoms with Crippen LogP contribution in [0.2, 0.25) is 0 Å². The van der Waals surface area contributed by atoms with E-state index >= 15 is 0 Å². The van der Waals surface area contributed by atoms with E-state index in [1.54, 1.807) is 0 Å². The zero-order chi connectivity index (χ0) is 11.6. The summed E-state index contributed by atoms with van der Waals surface area (Å²) in [5.41, 5.74) is 0.462. The van der Waals surface area contributed by atoms with Gasteiger partial charge < -0.3 is 9.88 Å². The third kappa shape index (κ3) is 2.64. The monoisotopic (exact) mass is 221 g/mol. The number of rotatable bonds is 4. The summed E-state index contributed by atoms with van der Waals surface area (Å²) in [7, 11) is 0. The van der Waals surface area contributed by atoms with Gasteiger partial charge in [-0.25, -0.2) is 4.98 Å². The van der Waals surface area contributed by atoms with Gasteiger partial charge in [0.25, 0.3) is 0 Å². The third-order valence-corrected chi connectivity index (χ3v) is 3.79. The van der Waals surface area contributed by atoms with Crippen molar-refractivity contribution < 1.29 is 0 Å². The van der Waals surface area contributed by atoms with Gasteiger partial charge in [0.05, 0.1) is 6.33 Å². The summed E-state index contributed by atoms with van der Waals surface area (Å²) in [5, 5.41) is 3.76. The van der Waals surface area contributed by atoms with Gasteiger partial charge in [0.2, 0.25) is 0 Å². The molecule has 3 nitrogen and oxygen atoms in total. The third-order valence-electron chi connectivity index (χ3n) is 3.79. The molecule has 1 N–H and O–H groups in total. The van der Waals surface area contributed by atoms with Crippen LogP contribution < -0.4 is 5.32 Å². The molecule has 0 spiro atoms. The standard InChI is InChI=1S/C13H23N3/c1-11(9-16-8-7-14-10-16)15-12-5-4-6-13(12,2)3/h7-8,10-12,15H,4-6,9H2,1-3H3. The van der Waals surface area contributed by atoms with E-state index in [1.165, 1.54) is 19.3 Å². The molecule has 1 fully saturated rings. The maximum absolute atomic E-state index is 4.07. The van der Waals surface area contributed by atoms with Gasteiger partial charge >= 0.3 is 0 Å². The van der Waals surface area contributed by atoms with Gasteiger partial charge in [-0.2, -0.15) is 0 Å². The zero-order valence-corrected chi connectivity index (χ0v) is 10.6. The van der Waals surface area contributed by atoms with Crippen LogP contribution in [0.15, 0.2) is 18.7 Å². The first-order valence-corrected chi connectivity index (χ1v) is 6.30. The molecule has 2 atom stereocenters. The Hall–Kier alpha value is -0.830. The molecule has 2 unspecified atom stereocenters. The van der Waals surface area contributed by atoms with Crippen LogP contribution in [-0.2, 0) is 6.54 Å². The molecule has 0 bridgehead atoms. The lowest BCUT2D eigenvalue weighted by atomic mass is 9.87. The number of imidazole rings is 1. The second-order valence-corrected chi connectivity index (χ2v) is 5.76. The molecule has 2 rings (SSSR count). The average molecular weight is 221 g/mol. The fourth-order valence-electron chi connectivity index (χ4n) is 2.74. The van der Waals surface area contributed by atoms with Gasteiger partial charge in [0.15, 0.2) is 0 Å². The van der Waals surface area contributed by atoms with E-state index in [0.29, 0.717) is 17.5 Å². The van der Waals surface area contributed by atoms with E-state index in [4.69, 9.17) is 0 Å². The fourth-order valence-corrected chi connectivity index (χ4v) is 2.74. The van der Waals surface area contributed by atoms with Crippen molar-refractivity contribution in [3.8, 4) is 0 Å². The van der Waals surface area contributed by atoms with Crippen molar-refractivity contribution in [3.63, 3.8) is 0 Å². The Morgan fingerprint density at radius 1 is 1.56 bits per heavy atom. The second kappa shape index (κ2) is 4.58. The maximum atomic E-state index is 4.07. The second-order valence-electron chi connectivity index (χ2n) is 5.76.